The van der Waals surface area contributed by atoms with Gasteiger partial charge in [-0.2, -0.15) is 0 Å². The van der Waals surface area contributed by atoms with Crippen molar-refractivity contribution in [2.75, 3.05) is 12.5 Å². The van der Waals surface area contributed by atoms with E-state index in [0.717, 1.165) is 25.7 Å². The van der Waals surface area contributed by atoms with E-state index in [1.54, 1.807) is 0 Å². The maximum Gasteiger partial charge on any atom is 0.312 e. The zero-order valence-electron chi connectivity index (χ0n) is 9.75. The van der Waals surface area contributed by atoms with Crippen LogP contribution in [0.25, 0.3) is 0 Å². The second-order valence-electron chi connectivity index (χ2n) is 5.14. The van der Waals surface area contributed by atoms with Crippen LogP contribution in [0, 0.1) is 17.3 Å². The number of fused-ring (bicyclic) bond motifs is 2. The fourth-order valence-corrected chi connectivity index (χ4v) is 3.04. The molecule has 90 valence electrons. The summed E-state index contributed by atoms with van der Waals surface area (Å²) in [5.41, 5.74) is -0.264. The Hall–Kier alpha value is -0.500. The number of ether oxygens (including phenoxy) is 1. The van der Waals surface area contributed by atoms with E-state index in [-0.39, 0.29) is 11.4 Å². The van der Waals surface area contributed by atoms with Crippen LogP contribution in [-0.4, -0.2) is 18.5 Å². The summed E-state index contributed by atoms with van der Waals surface area (Å²) in [6, 6.07) is 0. The van der Waals surface area contributed by atoms with Gasteiger partial charge >= 0.3 is 5.97 Å². The molecule has 0 spiro atoms. The number of esters is 1. The lowest BCUT2D eigenvalue weighted by molar-refractivity contribution is -0.156. The van der Waals surface area contributed by atoms with Crippen molar-refractivity contribution < 1.29 is 9.53 Å². The van der Waals surface area contributed by atoms with Crippen molar-refractivity contribution in [1.29, 1.82) is 0 Å². The number of rotatable bonds is 5. The zero-order chi connectivity index (χ0) is 11.6. The molecular formula is C13H19ClO2. The normalized spacial score (nSPS) is 35.6. The molecule has 2 aliphatic rings. The summed E-state index contributed by atoms with van der Waals surface area (Å²) < 4.78 is 5.35. The predicted octanol–water partition coefficient (Wildman–Crippen LogP) is 3.15. The average Bonchev–Trinajstić information content (AvgIpc) is 2.84. The molecule has 3 atom stereocenters. The lowest BCUT2D eigenvalue weighted by atomic mass is 9.78. The van der Waals surface area contributed by atoms with Gasteiger partial charge in [-0.1, -0.05) is 12.2 Å². The largest absolute Gasteiger partial charge is 0.465 e. The van der Waals surface area contributed by atoms with Crippen molar-refractivity contribution in [1.82, 2.24) is 0 Å². The third-order valence-electron chi connectivity index (χ3n) is 3.90. The lowest BCUT2D eigenvalue weighted by Gasteiger charge is -2.28. The number of halogens is 1. The van der Waals surface area contributed by atoms with E-state index < -0.39 is 0 Å². The van der Waals surface area contributed by atoms with Crippen LogP contribution in [0.3, 0.4) is 0 Å². The van der Waals surface area contributed by atoms with Gasteiger partial charge in [-0.25, -0.2) is 0 Å². The van der Waals surface area contributed by atoms with Gasteiger partial charge in [0.2, 0.25) is 0 Å². The molecule has 1 saturated carbocycles. The molecule has 2 nitrogen and oxygen atoms in total. The fourth-order valence-electron chi connectivity index (χ4n) is 2.86. The van der Waals surface area contributed by atoms with Gasteiger partial charge in [0.25, 0.3) is 0 Å². The first-order valence-corrected chi connectivity index (χ1v) is 6.62. The van der Waals surface area contributed by atoms with Gasteiger partial charge in [-0.05, 0) is 44.4 Å². The van der Waals surface area contributed by atoms with Gasteiger partial charge in [0.15, 0.2) is 0 Å². The fraction of sp³-hybridized carbons (Fsp3) is 0.769. The molecule has 0 unspecified atom stereocenters. The zero-order valence-corrected chi connectivity index (χ0v) is 10.5. The lowest BCUT2D eigenvalue weighted by Crippen LogP contribution is -2.34. The number of hydrogen-bond donors (Lipinski definition) is 0. The number of carbonyl (C=O) groups excluding carboxylic acids is 1. The highest BCUT2D eigenvalue weighted by atomic mass is 35.5. The number of carbonyl (C=O) groups is 1. The molecule has 0 aromatic carbocycles. The molecule has 0 heterocycles. The van der Waals surface area contributed by atoms with Crippen LogP contribution in [0.4, 0.5) is 0 Å². The Morgan fingerprint density at radius 1 is 1.50 bits per heavy atom. The van der Waals surface area contributed by atoms with Crippen LogP contribution in [0.5, 0.6) is 0 Å². The van der Waals surface area contributed by atoms with Gasteiger partial charge in [-0.3, -0.25) is 4.79 Å². The first-order valence-electron chi connectivity index (χ1n) is 6.08. The third-order valence-corrected chi connectivity index (χ3v) is 4.17. The van der Waals surface area contributed by atoms with Crippen LogP contribution < -0.4 is 0 Å². The Labute approximate surface area is 102 Å². The van der Waals surface area contributed by atoms with Gasteiger partial charge < -0.3 is 4.74 Å². The van der Waals surface area contributed by atoms with Crippen LogP contribution in [0.1, 0.15) is 32.6 Å². The van der Waals surface area contributed by atoms with Crippen molar-refractivity contribution in [3.05, 3.63) is 12.2 Å². The molecule has 0 aromatic rings. The summed E-state index contributed by atoms with van der Waals surface area (Å²) in [5, 5.41) is 0. The van der Waals surface area contributed by atoms with Crippen molar-refractivity contribution in [2.24, 2.45) is 17.3 Å². The maximum atomic E-state index is 12.0. The summed E-state index contributed by atoms with van der Waals surface area (Å²) in [7, 11) is 0. The topological polar surface area (TPSA) is 26.3 Å². The number of hydrogen-bond acceptors (Lipinski definition) is 2. The second-order valence-corrected chi connectivity index (χ2v) is 5.52. The Morgan fingerprint density at radius 2 is 2.31 bits per heavy atom. The van der Waals surface area contributed by atoms with Crippen LogP contribution in [0.15, 0.2) is 12.2 Å². The van der Waals surface area contributed by atoms with Crippen molar-refractivity contribution in [3.8, 4) is 0 Å². The number of unbranched alkanes of at least 4 members (excludes halogenated alkanes) is 1. The minimum absolute atomic E-state index is 0.0149. The van der Waals surface area contributed by atoms with Crippen molar-refractivity contribution in [2.45, 2.75) is 32.6 Å². The smallest absolute Gasteiger partial charge is 0.312 e. The maximum absolute atomic E-state index is 12.0. The molecule has 0 radical (unpaired) electrons. The van der Waals surface area contributed by atoms with E-state index in [9.17, 15) is 4.79 Å². The molecule has 2 rings (SSSR count). The SMILES string of the molecule is C[C@@]1(C(=O)OCCCCCl)C[C@H]2C=C[C@H]1C2. The Morgan fingerprint density at radius 3 is 2.88 bits per heavy atom. The molecule has 0 saturated heterocycles. The average molecular weight is 243 g/mol. The Balaban J connectivity index is 1.83. The highest BCUT2D eigenvalue weighted by molar-refractivity contribution is 6.17. The van der Waals surface area contributed by atoms with Gasteiger partial charge in [0.05, 0.1) is 12.0 Å². The number of alkyl halides is 1. The van der Waals surface area contributed by atoms with E-state index in [4.69, 9.17) is 16.3 Å². The molecule has 3 heteroatoms. The highest BCUT2D eigenvalue weighted by Gasteiger charge is 2.50. The first-order chi connectivity index (χ1) is 7.66. The Kier molecular flexibility index (Phi) is 3.58. The van der Waals surface area contributed by atoms with Gasteiger partial charge in [0.1, 0.15) is 0 Å². The van der Waals surface area contributed by atoms with E-state index in [2.05, 4.69) is 12.2 Å². The van der Waals surface area contributed by atoms with E-state index in [1.165, 1.54) is 0 Å². The van der Waals surface area contributed by atoms with Crippen LogP contribution in [0.2, 0.25) is 0 Å². The second kappa shape index (κ2) is 4.79. The summed E-state index contributed by atoms with van der Waals surface area (Å²) in [6.07, 6.45) is 8.31. The summed E-state index contributed by atoms with van der Waals surface area (Å²) in [6.45, 7) is 2.56. The standard InChI is InChI=1S/C13H19ClO2/c1-13(9-10-4-5-11(13)8-10)12(15)16-7-3-2-6-14/h4-5,10-11H,2-3,6-9H2,1H3/t10-,11-,13+/m0/s1. The summed E-state index contributed by atoms with van der Waals surface area (Å²) >= 11 is 5.57. The quantitative estimate of drug-likeness (QED) is 0.320. The van der Waals surface area contributed by atoms with Gasteiger partial charge in [0, 0.05) is 5.88 Å². The molecule has 2 bridgehead atoms. The molecule has 16 heavy (non-hydrogen) atoms. The first kappa shape index (κ1) is 12.0. The summed E-state index contributed by atoms with van der Waals surface area (Å²) in [4.78, 5) is 12.0. The predicted molar refractivity (Wildman–Crippen MR) is 64.4 cm³/mol. The molecular weight excluding hydrogens is 224 g/mol. The molecule has 0 aromatic heterocycles. The molecule has 0 amide bonds. The number of allylic oxidation sites excluding steroid dienone is 2. The summed E-state index contributed by atoms with van der Waals surface area (Å²) in [5.74, 6) is 1.63. The van der Waals surface area contributed by atoms with Gasteiger partial charge in [-0.15, -0.1) is 11.6 Å². The third kappa shape index (κ3) is 2.13. The van der Waals surface area contributed by atoms with E-state index in [0.29, 0.717) is 24.3 Å². The van der Waals surface area contributed by atoms with Crippen LogP contribution >= 0.6 is 11.6 Å². The van der Waals surface area contributed by atoms with E-state index >= 15 is 0 Å². The van der Waals surface area contributed by atoms with Crippen molar-refractivity contribution in [3.63, 3.8) is 0 Å². The van der Waals surface area contributed by atoms with Crippen molar-refractivity contribution >= 4 is 17.6 Å². The molecule has 0 aliphatic heterocycles. The monoisotopic (exact) mass is 242 g/mol. The Bertz CT molecular complexity index is 300. The molecule has 0 N–H and O–H groups in total. The minimum atomic E-state index is -0.264. The van der Waals surface area contributed by atoms with E-state index in [1.807, 2.05) is 6.92 Å². The highest BCUT2D eigenvalue weighted by Crippen LogP contribution is 2.52. The van der Waals surface area contributed by atoms with Crippen LogP contribution in [-0.2, 0) is 9.53 Å². The molecule has 2 aliphatic carbocycles. The minimum Gasteiger partial charge on any atom is -0.465 e. The molecule has 1 fully saturated rings.